The van der Waals surface area contributed by atoms with Gasteiger partial charge in [0.2, 0.25) is 0 Å². The molecule has 1 aliphatic heterocycles. The molecule has 0 aliphatic carbocycles. The Hall–Kier alpha value is -0.120. The van der Waals surface area contributed by atoms with Crippen LogP contribution >= 0.6 is 0 Å². The summed E-state index contributed by atoms with van der Waals surface area (Å²) in [6, 6.07) is 1.40. The van der Waals surface area contributed by atoms with Gasteiger partial charge < -0.3 is 15.0 Å². The molecule has 0 radical (unpaired) electrons. The number of ether oxygens (including phenoxy) is 1. The highest BCUT2D eigenvalue weighted by atomic mass is 16.5. The lowest BCUT2D eigenvalue weighted by Gasteiger charge is -2.43. The Morgan fingerprint density at radius 2 is 1.95 bits per heavy atom. The average Bonchev–Trinajstić information content (AvgIpc) is 2.42. The Labute approximate surface area is 120 Å². The van der Waals surface area contributed by atoms with Crippen molar-refractivity contribution < 1.29 is 4.74 Å². The molecule has 1 aliphatic rings. The molecule has 0 spiro atoms. The van der Waals surface area contributed by atoms with Gasteiger partial charge in [-0.05, 0) is 51.6 Å². The molecule has 1 heterocycles. The van der Waals surface area contributed by atoms with Crippen LogP contribution in [0.5, 0.6) is 0 Å². The topological polar surface area (TPSA) is 24.5 Å². The van der Waals surface area contributed by atoms with E-state index in [4.69, 9.17) is 4.74 Å². The van der Waals surface area contributed by atoms with E-state index in [1.54, 1.807) is 0 Å². The molecule has 3 atom stereocenters. The summed E-state index contributed by atoms with van der Waals surface area (Å²) in [5.41, 5.74) is 0. The van der Waals surface area contributed by atoms with E-state index in [1.807, 2.05) is 0 Å². The first-order chi connectivity index (χ1) is 9.20. The Kier molecular flexibility index (Phi) is 8.67. The highest BCUT2D eigenvalue weighted by molar-refractivity contribution is 4.88. The lowest BCUT2D eigenvalue weighted by molar-refractivity contribution is 0.0672. The summed E-state index contributed by atoms with van der Waals surface area (Å²) in [6.45, 7) is 14.6. The molecule has 0 aromatic carbocycles. The van der Waals surface area contributed by atoms with Crippen LogP contribution in [0, 0.1) is 5.92 Å². The molecule has 3 heteroatoms. The number of hydrogen-bond acceptors (Lipinski definition) is 3. The van der Waals surface area contributed by atoms with Crippen LogP contribution in [-0.2, 0) is 4.74 Å². The fourth-order valence-corrected chi connectivity index (χ4v) is 2.99. The summed E-state index contributed by atoms with van der Waals surface area (Å²) >= 11 is 0. The second-order valence-corrected chi connectivity index (χ2v) is 5.95. The number of hydrogen-bond donors (Lipinski definition) is 1. The molecule has 0 amide bonds. The van der Waals surface area contributed by atoms with E-state index in [9.17, 15) is 0 Å². The zero-order valence-electron chi connectivity index (χ0n) is 13.5. The summed E-state index contributed by atoms with van der Waals surface area (Å²) in [5, 5.41) is 3.70. The standard InChI is InChI=1S/C16H34N2O/c1-5-9-17-16-8-11-18(15(4)14(16)3)10-7-13-19-12-6-2/h14-17H,5-13H2,1-4H3. The fourth-order valence-electron chi connectivity index (χ4n) is 2.99. The van der Waals surface area contributed by atoms with Gasteiger partial charge in [0.05, 0.1) is 0 Å². The van der Waals surface area contributed by atoms with Crippen LogP contribution in [0.2, 0.25) is 0 Å². The third-order valence-electron chi connectivity index (χ3n) is 4.44. The quantitative estimate of drug-likeness (QED) is 0.652. The van der Waals surface area contributed by atoms with Gasteiger partial charge in [-0.15, -0.1) is 0 Å². The van der Waals surface area contributed by atoms with Gasteiger partial charge >= 0.3 is 0 Å². The number of nitrogens with zero attached hydrogens (tertiary/aromatic N) is 1. The van der Waals surface area contributed by atoms with Crippen molar-refractivity contribution in [3.63, 3.8) is 0 Å². The minimum atomic E-state index is 0.689. The molecule has 1 fully saturated rings. The molecule has 1 N–H and O–H groups in total. The van der Waals surface area contributed by atoms with E-state index >= 15 is 0 Å². The van der Waals surface area contributed by atoms with Crippen LogP contribution in [0.3, 0.4) is 0 Å². The fraction of sp³-hybridized carbons (Fsp3) is 1.00. The average molecular weight is 270 g/mol. The van der Waals surface area contributed by atoms with Gasteiger partial charge in [0.15, 0.2) is 0 Å². The normalized spacial score (nSPS) is 28.7. The molecule has 19 heavy (non-hydrogen) atoms. The maximum Gasteiger partial charge on any atom is 0.0478 e. The van der Waals surface area contributed by atoms with Crippen LogP contribution in [0.15, 0.2) is 0 Å². The van der Waals surface area contributed by atoms with Crippen LogP contribution in [0.1, 0.15) is 53.4 Å². The third-order valence-corrected chi connectivity index (χ3v) is 4.44. The Bertz CT molecular complexity index is 221. The van der Waals surface area contributed by atoms with Gasteiger partial charge in [-0.1, -0.05) is 20.8 Å². The molecule has 0 aromatic rings. The summed E-state index contributed by atoms with van der Waals surface area (Å²) in [7, 11) is 0. The molecular formula is C16H34N2O. The first kappa shape index (κ1) is 16.9. The third kappa shape index (κ3) is 5.80. The van der Waals surface area contributed by atoms with Gasteiger partial charge in [0.25, 0.3) is 0 Å². The van der Waals surface area contributed by atoms with Crippen LogP contribution in [0.25, 0.3) is 0 Å². The smallest absolute Gasteiger partial charge is 0.0478 e. The lowest BCUT2D eigenvalue weighted by atomic mass is 9.87. The summed E-state index contributed by atoms with van der Waals surface area (Å²) in [4.78, 5) is 2.64. The van der Waals surface area contributed by atoms with Gasteiger partial charge in [-0.2, -0.15) is 0 Å². The van der Waals surface area contributed by atoms with E-state index in [0.29, 0.717) is 12.1 Å². The zero-order chi connectivity index (χ0) is 14.1. The van der Waals surface area contributed by atoms with E-state index < -0.39 is 0 Å². The van der Waals surface area contributed by atoms with Crippen molar-refractivity contribution in [1.82, 2.24) is 10.2 Å². The molecule has 3 unspecified atom stereocenters. The first-order valence-electron chi connectivity index (χ1n) is 8.25. The highest BCUT2D eigenvalue weighted by Crippen LogP contribution is 2.23. The van der Waals surface area contributed by atoms with E-state index in [0.717, 1.165) is 32.1 Å². The molecule has 1 rings (SSSR count). The van der Waals surface area contributed by atoms with Crippen molar-refractivity contribution in [2.45, 2.75) is 65.5 Å². The second kappa shape index (κ2) is 9.73. The number of likely N-dealkylation sites (tertiary alicyclic amines) is 1. The van der Waals surface area contributed by atoms with Gasteiger partial charge in [0, 0.05) is 31.8 Å². The monoisotopic (exact) mass is 270 g/mol. The van der Waals surface area contributed by atoms with Crippen LogP contribution in [-0.4, -0.2) is 49.8 Å². The predicted octanol–water partition coefficient (Wildman–Crippen LogP) is 2.90. The molecule has 0 bridgehead atoms. The minimum Gasteiger partial charge on any atom is -0.381 e. The molecule has 0 saturated carbocycles. The molecule has 0 aromatic heterocycles. The van der Waals surface area contributed by atoms with Crippen molar-refractivity contribution in [2.75, 3.05) is 32.8 Å². The van der Waals surface area contributed by atoms with Crippen molar-refractivity contribution in [3.8, 4) is 0 Å². The maximum absolute atomic E-state index is 5.57. The molecular weight excluding hydrogens is 236 g/mol. The van der Waals surface area contributed by atoms with Gasteiger partial charge in [0.1, 0.15) is 0 Å². The lowest BCUT2D eigenvalue weighted by Crippen LogP contribution is -2.53. The maximum atomic E-state index is 5.57. The predicted molar refractivity (Wildman–Crippen MR) is 82.6 cm³/mol. The van der Waals surface area contributed by atoms with Crippen molar-refractivity contribution >= 4 is 0 Å². The van der Waals surface area contributed by atoms with Crippen molar-refractivity contribution in [1.29, 1.82) is 0 Å². The number of nitrogens with one attached hydrogen (secondary N) is 1. The Morgan fingerprint density at radius 3 is 2.63 bits per heavy atom. The van der Waals surface area contributed by atoms with Crippen LogP contribution in [0.4, 0.5) is 0 Å². The SMILES string of the molecule is CCCNC1CCN(CCCOCCC)C(C)C1C. The van der Waals surface area contributed by atoms with E-state index in [2.05, 4.69) is 37.9 Å². The highest BCUT2D eigenvalue weighted by Gasteiger charge is 2.31. The second-order valence-electron chi connectivity index (χ2n) is 5.95. The van der Waals surface area contributed by atoms with Gasteiger partial charge in [-0.3, -0.25) is 0 Å². The molecule has 114 valence electrons. The van der Waals surface area contributed by atoms with Crippen molar-refractivity contribution in [3.05, 3.63) is 0 Å². The molecule has 3 nitrogen and oxygen atoms in total. The number of piperidine rings is 1. The number of rotatable bonds is 9. The Morgan fingerprint density at radius 1 is 1.16 bits per heavy atom. The summed E-state index contributed by atoms with van der Waals surface area (Å²) < 4.78 is 5.57. The first-order valence-corrected chi connectivity index (χ1v) is 8.25. The van der Waals surface area contributed by atoms with Crippen LogP contribution < -0.4 is 5.32 Å². The Balaban J connectivity index is 2.23. The van der Waals surface area contributed by atoms with E-state index in [1.165, 1.54) is 32.4 Å². The minimum absolute atomic E-state index is 0.689. The van der Waals surface area contributed by atoms with Crippen molar-refractivity contribution in [2.24, 2.45) is 5.92 Å². The largest absolute Gasteiger partial charge is 0.381 e. The van der Waals surface area contributed by atoms with Gasteiger partial charge in [-0.25, -0.2) is 0 Å². The summed E-state index contributed by atoms with van der Waals surface area (Å²) in [6.07, 6.45) is 4.82. The van der Waals surface area contributed by atoms with E-state index in [-0.39, 0.29) is 0 Å². The summed E-state index contributed by atoms with van der Waals surface area (Å²) in [5.74, 6) is 0.747. The zero-order valence-corrected chi connectivity index (χ0v) is 13.5. The molecule has 1 saturated heterocycles.